The van der Waals surface area contributed by atoms with Crippen LogP contribution in [-0.2, 0) is 12.4 Å². The minimum absolute atomic E-state index is 0.117. The summed E-state index contributed by atoms with van der Waals surface area (Å²) in [5.74, 6) is -1.14. The maximum Gasteiger partial charge on any atom is 0.416 e. The molecule has 17 heteroatoms. The van der Waals surface area contributed by atoms with Crippen LogP contribution in [0.5, 0.6) is 23.0 Å². The second kappa shape index (κ2) is 13.5. The van der Waals surface area contributed by atoms with Crippen molar-refractivity contribution in [2.75, 3.05) is 13.2 Å². The van der Waals surface area contributed by atoms with Gasteiger partial charge in [-0.05, 0) is 50.2 Å². The largest absolute Gasteiger partial charge is 0.489 e. The Bertz CT molecular complexity index is 1730. The number of ether oxygens (including phenoxy) is 3. The van der Waals surface area contributed by atoms with Crippen molar-refractivity contribution >= 4 is 34.6 Å². The van der Waals surface area contributed by atoms with Crippen molar-refractivity contribution in [1.29, 1.82) is 0 Å². The van der Waals surface area contributed by atoms with Crippen LogP contribution in [0, 0.1) is 20.2 Å². The summed E-state index contributed by atoms with van der Waals surface area (Å²) in [5.41, 5.74) is -4.50. The van der Waals surface area contributed by atoms with Crippen LogP contribution in [0.3, 0.4) is 0 Å². The quantitative estimate of drug-likeness (QED) is 0.0916. The molecule has 0 atom stereocenters. The van der Waals surface area contributed by atoms with Gasteiger partial charge in [0, 0.05) is 33.3 Å². The van der Waals surface area contributed by atoms with Crippen molar-refractivity contribution < 1.29 is 50.4 Å². The van der Waals surface area contributed by atoms with Crippen molar-refractivity contribution in [2.45, 2.75) is 26.2 Å². The third-order valence-corrected chi connectivity index (χ3v) is 7.15. The van der Waals surface area contributed by atoms with E-state index in [0.29, 0.717) is 24.3 Å². The van der Waals surface area contributed by atoms with Gasteiger partial charge in [-0.25, -0.2) is 0 Å². The highest BCUT2D eigenvalue weighted by molar-refractivity contribution is 6.34. The summed E-state index contributed by atoms with van der Waals surface area (Å²) in [6.45, 7) is 2.80. The smallest absolute Gasteiger partial charge is 0.416 e. The van der Waals surface area contributed by atoms with Crippen LogP contribution in [0.2, 0.25) is 10.0 Å². The first-order valence-electron chi connectivity index (χ1n) is 13.3. The molecule has 0 unspecified atom stereocenters. The highest BCUT2D eigenvalue weighted by Crippen LogP contribution is 2.52. The fourth-order valence-corrected chi connectivity index (χ4v) is 5.12. The van der Waals surface area contributed by atoms with Gasteiger partial charge in [-0.1, -0.05) is 35.3 Å². The summed E-state index contributed by atoms with van der Waals surface area (Å²) in [4.78, 5) is 22.5. The van der Waals surface area contributed by atoms with Crippen molar-refractivity contribution in [3.05, 3.63) is 102 Å². The lowest BCUT2D eigenvalue weighted by molar-refractivity contribution is -0.384. The van der Waals surface area contributed by atoms with Crippen LogP contribution in [-0.4, -0.2) is 23.1 Å². The molecular formula is C30H20Cl2F6N2O7. The van der Waals surface area contributed by atoms with Gasteiger partial charge < -0.3 is 14.2 Å². The molecule has 0 saturated heterocycles. The lowest BCUT2D eigenvalue weighted by Gasteiger charge is -2.20. The van der Waals surface area contributed by atoms with Crippen LogP contribution in [0.4, 0.5) is 37.7 Å². The molecule has 0 bridgehead atoms. The van der Waals surface area contributed by atoms with Gasteiger partial charge >= 0.3 is 12.4 Å². The van der Waals surface area contributed by atoms with Gasteiger partial charge in [0.2, 0.25) is 0 Å². The van der Waals surface area contributed by atoms with E-state index in [1.54, 1.807) is 0 Å². The lowest BCUT2D eigenvalue weighted by atomic mass is 9.99. The predicted molar refractivity (Wildman–Crippen MR) is 160 cm³/mol. The van der Waals surface area contributed by atoms with Gasteiger partial charge in [0.15, 0.2) is 23.0 Å². The molecule has 0 fully saturated rings. The molecular weight excluding hydrogens is 685 g/mol. The summed E-state index contributed by atoms with van der Waals surface area (Å²) >= 11 is 12.4. The summed E-state index contributed by atoms with van der Waals surface area (Å²) in [5, 5.41) is 23.1. The molecule has 9 nitrogen and oxygen atoms in total. The van der Waals surface area contributed by atoms with Crippen LogP contribution in [0.1, 0.15) is 25.0 Å². The van der Waals surface area contributed by atoms with Gasteiger partial charge in [-0.3, -0.25) is 20.2 Å². The minimum atomic E-state index is -4.76. The molecule has 0 aliphatic rings. The topological polar surface area (TPSA) is 114 Å². The third kappa shape index (κ3) is 7.30. The molecule has 0 aliphatic carbocycles. The first-order valence-corrected chi connectivity index (χ1v) is 14.1. The van der Waals surface area contributed by atoms with Crippen LogP contribution in [0.15, 0.2) is 60.7 Å². The molecule has 0 N–H and O–H groups in total. The number of hydrogen-bond acceptors (Lipinski definition) is 7. The van der Waals surface area contributed by atoms with Crippen LogP contribution < -0.4 is 14.2 Å². The monoisotopic (exact) mass is 704 g/mol. The molecule has 4 aromatic carbocycles. The van der Waals surface area contributed by atoms with Gasteiger partial charge in [0.25, 0.3) is 11.4 Å². The SMILES string of the molecule is CCOc1c(Oc2ccc([N+](=O)[O-])c(-c3ccc(C(F)(F)F)cc3Cl)c2OCC)ccc([N+](=O)[O-])c1-c1ccc(C(F)(F)F)cc1Cl. The van der Waals surface area contributed by atoms with E-state index in [2.05, 4.69) is 0 Å². The second-order valence-electron chi connectivity index (χ2n) is 9.44. The van der Waals surface area contributed by atoms with E-state index in [9.17, 15) is 46.6 Å². The van der Waals surface area contributed by atoms with Crippen molar-refractivity contribution in [1.82, 2.24) is 0 Å². The van der Waals surface area contributed by atoms with E-state index in [0.717, 1.165) is 36.4 Å². The molecule has 248 valence electrons. The molecule has 0 aliphatic heterocycles. The van der Waals surface area contributed by atoms with Gasteiger partial charge in [-0.15, -0.1) is 0 Å². The highest BCUT2D eigenvalue weighted by atomic mass is 35.5. The average molecular weight is 705 g/mol. The molecule has 0 spiro atoms. The molecule has 0 heterocycles. The zero-order valence-corrected chi connectivity index (χ0v) is 25.5. The van der Waals surface area contributed by atoms with E-state index in [1.165, 1.54) is 13.8 Å². The number of rotatable bonds is 10. The Kier molecular flexibility index (Phi) is 10.1. The standard InChI is InChI=1S/C30H20Cl2F6N2O7/c1-3-45-27-23(11-9-21(39(41)42)25(27)17-7-5-15(13-19(17)31)29(33,34)35)47-24-12-10-22(40(43)44)26(28(24)46-4-2)18-8-6-16(14-20(18)32)30(36,37)38/h5-14H,3-4H2,1-2H3. The maximum absolute atomic E-state index is 13.3. The summed E-state index contributed by atoms with van der Waals surface area (Å²) in [7, 11) is 0. The van der Waals surface area contributed by atoms with E-state index in [1.807, 2.05) is 0 Å². The maximum atomic E-state index is 13.3. The van der Waals surface area contributed by atoms with Crippen molar-refractivity contribution in [2.24, 2.45) is 0 Å². The molecule has 4 rings (SSSR count). The number of nitro groups is 2. The zero-order valence-electron chi connectivity index (χ0n) is 24.0. The summed E-state index contributed by atoms with van der Waals surface area (Å²) in [6, 6.07) is 8.61. The fourth-order valence-electron chi connectivity index (χ4n) is 4.57. The average Bonchev–Trinajstić information content (AvgIpc) is 2.97. The van der Waals surface area contributed by atoms with E-state index in [-0.39, 0.29) is 58.5 Å². The molecule has 0 amide bonds. The normalized spacial score (nSPS) is 11.7. The number of benzene rings is 4. The molecule has 4 aromatic rings. The van der Waals surface area contributed by atoms with Gasteiger partial charge in [0.1, 0.15) is 11.1 Å². The molecule has 0 radical (unpaired) electrons. The highest BCUT2D eigenvalue weighted by Gasteiger charge is 2.35. The zero-order chi connectivity index (χ0) is 34.8. The number of halogens is 8. The second-order valence-corrected chi connectivity index (χ2v) is 10.3. The lowest BCUT2D eigenvalue weighted by Crippen LogP contribution is -2.06. The Morgan fingerprint density at radius 3 is 1.28 bits per heavy atom. The molecule has 0 saturated carbocycles. The predicted octanol–water partition coefficient (Wildman–Crippen LogP) is 10.8. The van der Waals surface area contributed by atoms with Crippen LogP contribution >= 0.6 is 23.2 Å². The molecule has 0 aromatic heterocycles. The van der Waals surface area contributed by atoms with Gasteiger partial charge in [-0.2, -0.15) is 26.3 Å². The summed E-state index contributed by atoms with van der Waals surface area (Å²) < 4.78 is 97.4. The Morgan fingerprint density at radius 2 is 1.00 bits per heavy atom. The number of alkyl halides is 6. The minimum Gasteiger partial charge on any atom is -0.489 e. The Balaban J connectivity index is 1.99. The summed E-state index contributed by atoms with van der Waals surface area (Å²) in [6.07, 6.45) is -9.53. The number of hydrogen-bond donors (Lipinski definition) is 0. The van der Waals surface area contributed by atoms with Crippen molar-refractivity contribution in [3.8, 4) is 45.3 Å². The van der Waals surface area contributed by atoms with Crippen LogP contribution in [0.25, 0.3) is 22.3 Å². The first-order chi connectivity index (χ1) is 22.0. The third-order valence-electron chi connectivity index (χ3n) is 6.52. The Hall–Kier alpha value is -4.76. The molecule has 47 heavy (non-hydrogen) atoms. The van der Waals surface area contributed by atoms with E-state index >= 15 is 0 Å². The van der Waals surface area contributed by atoms with Gasteiger partial charge in [0.05, 0.1) is 34.2 Å². The number of nitrogens with zero attached hydrogens (tertiary/aromatic N) is 2. The Morgan fingerprint density at radius 1 is 0.638 bits per heavy atom. The Labute approximate surface area is 271 Å². The fraction of sp³-hybridized carbons (Fsp3) is 0.200. The number of nitro benzene ring substituents is 2. The van der Waals surface area contributed by atoms with Crippen molar-refractivity contribution in [3.63, 3.8) is 0 Å². The van der Waals surface area contributed by atoms with E-state index in [4.69, 9.17) is 37.4 Å². The first kappa shape index (κ1) is 35.1. The van der Waals surface area contributed by atoms with E-state index < -0.39 is 54.7 Å².